The van der Waals surface area contributed by atoms with Gasteiger partial charge < -0.3 is 4.74 Å². The summed E-state index contributed by atoms with van der Waals surface area (Å²) < 4.78 is 5.35. The normalized spacial score (nSPS) is 16.1. The van der Waals surface area contributed by atoms with Gasteiger partial charge in [-0.2, -0.15) is 0 Å². The third-order valence-electron chi connectivity index (χ3n) is 6.36. The largest absolute Gasteiger partial charge is 0.427 e. The van der Waals surface area contributed by atoms with Crippen molar-refractivity contribution >= 4 is 11.5 Å². The lowest BCUT2D eigenvalue weighted by molar-refractivity contribution is -0.134. The zero-order chi connectivity index (χ0) is 21.9. The molecular weight excluding hydrogens is 380 g/mol. The van der Waals surface area contributed by atoms with Gasteiger partial charge in [0.15, 0.2) is 0 Å². The average molecular weight is 419 g/mol. The van der Waals surface area contributed by atoms with Crippen LogP contribution in [0.25, 0.3) is 16.7 Å². The van der Waals surface area contributed by atoms with Crippen molar-refractivity contribution in [2.24, 2.45) is 5.92 Å². The van der Waals surface area contributed by atoms with Crippen molar-refractivity contribution in [3.8, 4) is 16.9 Å². The highest BCUT2D eigenvalue weighted by molar-refractivity contribution is 5.73. The van der Waals surface area contributed by atoms with E-state index in [4.69, 9.17) is 4.74 Å². The zero-order valence-electron chi connectivity index (χ0n) is 19.4. The van der Waals surface area contributed by atoms with E-state index in [-0.39, 0.29) is 5.97 Å². The Hall–Kier alpha value is -2.35. The molecule has 2 aromatic rings. The lowest BCUT2D eigenvalue weighted by Crippen LogP contribution is -2.06. The van der Waals surface area contributed by atoms with E-state index in [1.165, 1.54) is 74.5 Å². The number of carbonyl (C=O) groups excluding carboxylic acids is 1. The smallest absolute Gasteiger partial charge is 0.311 e. The SMILES string of the molecule is CCCCCCCC1CC=C(c2ccc(-c3ccc(OC(=O)CCC)cc3)cc2)CC1. The maximum absolute atomic E-state index is 11.6. The van der Waals surface area contributed by atoms with Crippen LogP contribution in [0, 0.1) is 5.92 Å². The molecule has 0 aliphatic heterocycles. The summed E-state index contributed by atoms with van der Waals surface area (Å²) in [5.74, 6) is 1.33. The van der Waals surface area contributed by atoms with Gasteiger partial charge in [-0.25, -0.2) is 0 Å². The molecule has 3 rings (SSSR count). The van der Waals surface area contributed by atoms with Gasteiger partial charge in [0.2, 0.25) is 0 Å². The van der Waals surface area contributed by atoms with Gasteiger partial charge >= 0.3 is 5.97 Å². The van der Waals surface area contributed by atoms with Crippen LogP contribution in [0.2, 0.25) is 0 Å². The second-order valence-electron chi connectivity index (χ2n) is 8.90. The molecule has 166 valence electrons. The Morgan fingerprint density at radius 3 is 2.10 bits per heavy atom. The van der Waals surface area contributed by atoms with Crippen LogP contribution in [0.4, 0.5) is 0 Å². The molecule has 0 radical (unpaired) electrons. The molecule has 0 fully saturated rings. The molecule has 0 heterocycles. The first-order valence-electron chi connectivity index (χ1n) is 12.3. The van der Waals surface area contributed by atoms with Crippen LogP contribution in [-0.2, 0) is 4.79 Å². The highest BCUT2D eigenvalue weighted by Gasteiger charge is 2.15. The van der Waals surface area contributed by atoms with Crippen LogP contribution < -0.4 is 4.74 Å². The molecule has 2 nitrogen and oxygen atoms in total. The first-order valence-corrected chi connectivity index (χ1v) is 12.3. The number of allylic oxidation sites excluding steroid dienone is 2. The molecule has 0 N–H and O–H groups in total. The molecule has 1 aliphatic rings. The van der Waals surface area contributed by atoms with Crippen molar-refractivity contribution in [3.63, 3.8) is 0 Å². The van der Waals surface area contributed by atoms with Gasteiger partial charge in [0.25, 0.3) is 0 Å². The van der Waals surface area contributed by atoms with Gasteiger partial charge in [0, 0.05) is 6.42 Å². The molecular formula is C29H38O2. The summed E-state index contributed by atoms with van der Waals surface area (Å²) in [7, 11) is 0. The van der Waals surface area contributed by atoms with Crippen molar-refractivity contribution in [2.45, 2.75) is 84.5 Å². The second-order valence-corrected chi connectivity index (χ2v) is 8.90. The summed E-state index contributed by atoms with van der Waals surface area (Å²) in [5, 5.41) is 0. The Bertz CT molecular complexity index is 830. The number of hydrogen-bond donors (Lipinski definition) is 0. The fourth-order valence-corrected chi connectivity index (χ4v) is 4.43. The summed E-state index contributed by atoms with van der Waals surface area (Å²) in [5.41, 5.74) is 5.20. The molecule has 2 aromatic carbocycles. The van der Waals surface area contributed by atoms with Crippen molar-refractivity contribution < 1.29 is 9.53 Å². The summed E-state index contributed by atoms with van der Waals surface area (Å²) in [4.78, 5) is 11.6. The predicted octanol–water partition coefficient (Wildman–Crippen LogP) is 8.60. The number of benzene rings is 2. The second kappa shape index (κ2) is 12.5. The first kappa shape index (κ1) is 23.3. The maximum Gasteiger partial charge on any atom is 0.311 e. The molecule has 0 amide bonds. The third kappa shape index (κ3) is 7.38. The van der Waals surface area contributed by atoms with Crippen LogP contribution >= 0.6 is 0 Å². The number of unbranched alkanes of at least 4 members (excludes halogenated alkanes) is 4. The minimum Gasteiger partial charge on any atom is -0.427 e. The van der Waals surface area contributed by atoms with Crippen LogP contribution in [0.3, 0.4) is 0 Å². The fraction of sp³-hybridized carbons (Fsp3) is 0.483. The highest BCUT2D eigenvalue weighted by Crippen LogP contribution is 2.34. The van der Waals surface area contributed by atoms with E-state index in [0.29, 0.717) is 12.2 Å². The van der Waals surface area contributed by atoms with E-state index in [9.17, 15) is 4.79 Å². The highest BCUT2D eigenvalue weighted by atomic mass is 16.5. The van der Waals surface area contributed by atoms with Gasteiger partial charge in [-0.1, -0.05) is 94.8 Å². The molecule has 1 atom stereocenters. The Labute approximate surface area is 188 Å². The Balaban J connectivity index is 1.51. The van der Waals surface area contributed by atoms with Gasteiger partial charge in [-0.3, -0.25) is 4.79 Å². The molecule has 0 spiro atoms. The third-order valence-corrected chi connectivity index (χ3v) is 6.36. The molecule has 31 heavy (non-hydrogen) atoms. The monoisotopic (exact) mass is 418 g/mol. The Morgan fingerprint density at radius 2 is 1.48 bits per heavy atom. The molecule has 1 aliphatic carbocycles. The summed E-state index contributed by atoms with van der Waals surface area (Å²) >= 11 is 0. The number of esters is 1. The number of carbonyl (C=O) groups is 1. The lowest BCUT2D eigenvalue weighted by atomic mass is 9.83. The van der Waals surface area contributed by atoms with Crippen LogP contribution in [0.1, 0.15) is 90.0 Å². The molecule has 1 unspecified atom stereocenters. The van der Waals surface area contributed by atoms with E-state index in [0.717, 1.165) is 17.9 Å². The number of rotatable bonds is 11. The molecule has 0 bridgehead atoms. The van der Waals surface area contributed by atoms with Crippen molar-refractivity contribution in [3.05, 3.63) is 60.2 Å². The van der Waals surface area contributed by atoms with Crippen LogP contribution in [0.5, 0.6) is 5.75 Å². The lowest BCUT2D eigenvalue weighted by Gasteiger charge is -2.22. The van der Waals surface area contributed by atoms with Gasteiger partial charge in [0.05, 0.1) is 0 Å². The minimum absolute atomic E-state index is 0.168. The Kier molecular flexibility index (Phi) is 9.39. The van der Waals surface area contributed by atoms with Gasteiger partial charge in [-0.15, -0.1) is 0 Å². The quantitative estimate of drug-likeness (QED) is 0.207. The molecule has 0 aromatic heterocycles. The molecule has 0 saturated carbocycles. The summed E-state index contributed by atoms with van der Waals surface area (Å²) in [6.07, 6.45) is 15.9. The summed E-state index contributed by atoms with van der Waals surface area (Å²) in [6.45, 7) is 4.26. The van der Waals surface area contributed by atoms with Gasteiger partial charge in [0.1, 0.15) is 5.75 Å². The number of ether oxygens (including phenoxy) is 1. The predicted molar refractivity (Wildman–Crippen MR) is 131 cm³/mol. The van der Waals surface area contributed by atoms with Gasteiger partial charge in [-0.05, 0) is 66.0 Å². The van der Waals surface area contributed by atoms with Crippen molar-refractivity contribution in [1.29, 1.82) is 0 Å². The number of hydrogen-bond acceptors (Lipinski definition) is 2. The first-order chi connectivity index (χ1) is 15.2. The van der Waals surface area contributed by atoms with Crippen LogP contribution in [0.15, 0.2) is 54.6 Å². The van der Waals surface area contributed by atoms with E-state index < -0.39 is 0 Å². The molecule has 2 heteroatoms. The maximum atomic E-state index is 11.6. The van der Waals surface area contributed by atoms with E-state index in [2.05, 4.69) is 37.3 Å². The topological polar surface area (TPSA) is 26.3 Å². The van der Waals surface area contributed by atoms with E-state index in [1.54, 1.807) is 0 Å². The minimum atomic E-state index is -0.168. The standard InChI is InChI=1S/C29H38O2/c1-3-5-6-7-8-10-23-11-13-24(14-12-23)25-15-17-26(18-16-25)27-19-21-28(22-20-27)31-29(30)9-4-2/h13,15-23H,3-12,14H2,1-2H3. The summed E-state index contributed by atoms with van der Waals surface area (Å²) in [6, 6.07) is 16.7. The average Bonchev–Trinajstić information content (AvgIpc) is 2.80. The fourth-order valence-electron chi connectivity index (χ4n) is 4.43. The van der Waals surface area contributed by atoms with Crippen LogP contribution in [-0.4, -0.2) is 5.97 Å². The molecule has 0 saturated heterocycles. The van der Waals surface area contributed by atoms with E-state index >= 15 is 0 Å². The van der Waals surface area contributed by atoms with Crippen molar-refractivity contribution in [1.82, 2.24) is 0 Å². The zero-order valence-corrected chi connectivity index (χ0v) is 19.4. The van der Waals surface area contributed by atoms with Crippen molar-refractivity contribution in [2.75, 3.05) is 0 Å². The van der Waals surface area contributed by atoms with E-state index in [1.807, 2.05) is 31.2 Å². The Morgan fingerprint density at radius 1 is 0.839 bits per heavy atom.